The van der Waals surface area contributed by atoms with E-state index in [9.17, 15) is 0 Å². The van der Waals surface area contributed by atoms with E-state index in [1.165, 1.54) is 0 Å². The average molecular weight is 251 g/mol. The molecule has 2 rings (SSSR count). The Morgan fingerprint density at radius 1 is 1.41 bits per heavy atom. The Labute approximate surface area is 106 Å². The molecule has 3 nitrogen and oxygen atoms in total. The Morgan fingerprint density at radius 3 is 2.76 bits per heavy atom. The van der Waals surface area contributed by atoms with Gasteiger partial charge in [-0.15, -0.1) is 0 Å². The zero-order valence-electron chi connectivity index (χ0n) is 10.1. The number of pyridine rings is 1. The van der Waals surface area contributed by atoms with E-state index in [2.05, 4.69) is 17.2 Å². The third-order valence-corrected chi connectivity index (χ3v) is 3.02. The summed E-state index contributed by atoms with van der Waals surface area (Å²) in [5.41, 5.74) is 1.97. The molecule has 0 aliphatic heterocycles. The molecular weight excluding hydrogens is 236 g/mol. The Hall–Kier alpha value is -1.48. The lowest BCUT2D eigenvalue weighted by atomic mass is 10.1. The van der Waals surface area contributed by atoms with Gasteiger partial charge in [0.05, 0.1) is 22.9 Å². The molecule has 1 unspecified atom stereocenters. The van der Waals surface area contributed by atoms with Crippen molar-refractivity contribution in [3.63, 3.8) is 0 Å². The van der Waals surface area contributed by atoms with Crippen LogP contribution < -0.4 is 5.32 Å². The van der Waals surface area contributed by atoms with Crippen LogP contribution in [0.1, 0.15) is 30.0 Å². The van der Waals surface area contributed by atoms with Gasteiger partial charge in [0, 0.05) is 11.8 Å². The number of aryl methyl sites for hydroxylation is 2. The second kappa shape index (κ2) is 4.80. The van der Waals surface area contributed by atoms with E-state index >= 15 is 0 Å². The molecule has 0 spiro atoms. The van der Waals surface area contributed by atoms with Crippen molar-refractivity contribution in [1.29, 1.82) is 0 Å². The molecule has 90 valence electrons. The van der Waals surface area contributed by atoms with Crippen molar-refractivity contribution in [1.82, 2.24) is 4.98 Å². The summed E-state index contributed by atoms with van der Waals surface area (Å²) in [5.74, 6) is 1.85. The number of nitrogens with one attached hydrogen (secondary N) is 1. The highest BCUT2D eigenvalue weighted by molar-refractivity contribution is 6.33. The van der Waals surface area contributed by atoms with Crippen LogP contribution in [0.5, 0.6) is 0 Å². The maximum Gasteiger partial charge on any atom is 0.106 e. The topological polar surface area (TPSA) is 38.1 Å². The molecule has 2 heterocycles. The highest BCUT2D eigenvalue weighted by Crippen LogP contribution is 2.27. The van der Waals surface area contributed by atoms with Gasteiger partial charge in [0.25, 0.3) is 0 Å². The Bertz CT molecular complexity index is 522. The van der Waals surface area contributed by atoms with Crippen LogP contribution in [0.4, 0.5) is 5.69 Å². The first-order valence-electron chi connectivity index (χ1n) is 5.51. The SMILES string of the molecule is Cc1cc(C(C)Nc2cnccc2Cl)c(C)o1. The van der Waals surface area contributed by atoms with Gasteiger partial charge in [-0.2, -0.15) is 0 Å². The van der Waals surface area contributed by atoms with Crippen LogP contribution in [0.15, 0.2) is 28.9 Å². The standard InChI is InChI=1S/C13H15ClN2O/c1-8-6-11(10(3)17-8)9(2)16-13-7-15-5-4-12(13)14/h4-7,9,16H,1-3H3. The fraction of sp³-hybridized carbons (Fsp3) is 0.308. The molecule has 0 aliphatic rings. The van der Waals surface area contributed by atoms with Crippen LogP contribution in [0.25, 0.3) is 0 Å². The monoisotopic (exact) mass is 250 g/mol. The molecule has 0 saturated carbocycles. The molecule has 1 atom stereocenters. The maximum atomic E-state index is 6.07. The van der Waals surface area contributed by atoms with Crippen molar-refractivity contribution in [2.75, 3.05) is 5.32 Å². The molecule has 0 aliphatic carbocycles. The first-order chi connectivity index (χ1) is 8.08. The van der Waals surface area contributed by atoms with Crippen LogP contribution in [0, 0.1) is 13.8 Å². The lowest BCUT2D eigenvalue weighted by Crippen LogP contribution is -2.07. The normalized spacial score (nSPS) is 12.5. The first kappa shape index (κ1) is 12.0. The molecule has 0 radical (unpaired) electrons. The van der Waals surface area contributed by atoms with E-state index in [-0.39, 0.29) is 6.04 Å². The Morgan fingerprint density at radius 2 is 2.18 bits per heavy atom. The van der Waals surface area contributed by atoms with Crippen LogP contribution in [0.2, 0.25) is 5.02 Å². The van der Waals surface area contributed by atoms with E-state index in [0.717, 1.165) is 22.8 Å². The minimum atomic E-state index is 0.133. The summed E-state index contributed by atoms with van der Waals surface area (Å²) in [5, 5.41) is 4.00. The van der Waals surface area contributed by atoms with Crippen molar-refractivity contribution in [3.8, 4) is 0 Å². The van der Waals surface area contributed by atoms with Gasteiger partial charge >= 0.3 is 0 Å². The van der Waals surface area contributed by atoms with Gasteiger partial charge in [-0.25, -0.2) is 0 Å². The quantitative estimate of drug-likeness (QED) is 0.891. The Balaban J connectivity index is 2.20. The minimum Gasteiger partial charge on any atom is -0.466 e. The molecule has 0 bridgehead atoms. The fourth-order valence-electron chi connectivity index (χ4n) is 1.88. The lowest BCUT2D eigenvalue weighted by molar-refractivity contribution is 0.500. The van der Waals surface area contributed by atoms with E-state index in [1.807, 2.05) is 19.9 Å². The van der Waals surface area contributed by atoms with Gasteiger partial charge in [0.15, 0.2) is 0 Å². The minimum absolute atomic E-state index is 0.133. The highest BCUT2D eigenvalue weighted by Gasteiger charge is 2.13. The summed E-state index contributed by atoms with van der Waals surface area (Å²) < 4.78 is 5.51. The third-order valence-electron chi connectivity index (χ3n) is 2.69. The second-order valence-corrected chi connectivity index (χ2v) is 4.50. The molecule has 2 aromatic heterocycles. The van der Waals surface area contributed by atoms with Crippen molar-refractivity contribution in [2.45, 2.75) is 26.8 Å². The maximum absolute atomic E-state index is 6.07. The lowest BCUT2D eigenvalue weighted by Gasteiger charge is -2.15. The molecule has 2 aromatic rings. The van der Waals surface area contributed by atoms with Crippen molar-refractivity contribution >= 4 is 17.3 Å². The zero-order chi connectivity index (χ0) is 12.4. The number of hydrogen-bond donors (Lipinski definition) is 1. The predicted molar refractivity (Wildman–Crippen MR) is 69.5 cm³/mol. The number of anilines is 1. The zero-order valence-corrected chi connectivity index (χ0v) is 10.9. The summed E-state index contributed by atoms with van der Waals surface area (Å²) in [6, 6.07) is 3.94. The van der Waals surface area contributed by atoms with Crippen molar-refractivity contribution in [3.05, 3.63) is 46.6 Å². The molecular formula is C13H15ClN2O. The molecule has 0 fully saturated rings. The number of furan rings is 1. The number of nitrogens with zero attached hydrogens (tertiary/aromatic N) is 1. The number of hydrogen-bond acceptors (Lipinski definition) is 3. The number of rotatable bonds is 3. The summed E-state index contributed by atoms with van der Waals surface area (Å²) in [4.78, 5) is 4.05. The van der Waals surface area contributed by atoms with Crippen LogP contribution in [-0.2, 0) is 0 Å². The van der Waals surface area contributed by atoms with Gasteiger partial charge in [-0.3, -0.25) is 4.98 Å². The summed E-state index contributed by atoms with van der Waals surface area (Å²) in [6.07, 6.45) is 3.40. The van der Waals surface area contributed by atoms with E-state index in [4.69, 9.17) is 16.0 Å². The summed E-state index contributed by atoms with van der Waals surface area (Å²) >= 11 is 6.07. The molecule has 4 heteroatoms. The predicted octanol–water partition coefficient (Wildman–Crippen LogP) is 4.12. The smallest absolute Gasteiger partial charge is 0.106 e. The van der Waals surface area contributed by atoms with Gasteiger partial charge in [-0.05, 0) is 32.9 Å². The molecule has 0 amide bonds. The van der Waals surface area contributed by atoms with Gasteiger partial charge in [0.2, 0.25) is 0 Å². The fourth-order valence-corrected chi connectivity index (χ4v) is 2.03. The van der Waals surface area contributed by atoms with Crippen molar-refractivity contribution < 1.29 is 4.42 Å². The molecule has 0 aromatic carbocycles. The van der Waals surface area contributed by atoms with Crippen molar-refractivity contribution in [2.24, 2.45) is 0 Å². The van der Waals surface area contributed by atoms with E-state index < -0.39 is 0 Å². The van der Waals surface area contributed by atoms with E-state index in [0.29, 0.717) is 5.02 Å². The molecule has 1 N–H and O–H groups in total. The summed E-state index contributed by atoms with van der Waals surface area (Å²) in [7, 11) is 0. The molecule has 0 saturated heterocycles. The summed E-state index contributed by atoms with van der Waals surface area (Å²) in [6.45, 7) is 5.98. The average Bonchev–Trinajstić information content (AvgIpc) is 2.61. The van der Waals surface area contributed by atoms with Crippen LogP contribution >= 0.6 is 11.6 Å². The van der Waals surface area contributed by atoms with Crippen LogP contribution in [-0.4, -0.2) is 4.98 Å². The van der Waals surface area contributed by atoms with Gasteiger partial charge in [-0.1, -0.05) is 11.6 Å². The van der Waals surface area contributed by atoms with E-state index in [1.54, 1.807) is 18.5 Å². The molecule has 17 heavy (non-hydrogen) atoms. The second-order valence-electron chi connectivity index (χ2n) is 4.09. The van der Waals surface area contributed by atoms with Gasteiger partial charge in [0.1, 0.15) is 11.5 Å². The Kier molecular flexibility index (Phi) is 3.38. The highest BCUT2D eigenvalue weighted by atomic mass is 35.5. The van der Waals surface area contributed by atoms with Gasteiger partial charge < -0.3 is 9.73 Å². The number of aromatic nitrogens is 1. The first-order valence-corrected chi connectivity index (χ1v) is 5.88. The largest absolute Gasteiger partial charge is 0.466 e. The number of halogens is 1. The third kappa shape index (κ3) is 2.61. The van der Waals surface area contributed by atoms with Crippen LogP contribution in [0.3, 0.4) is 0 Å².